The average Bonchev–Trinajstić information content (AvgIpc) is 2.94. The van der Waals surface area contributed by atoms with Gasteiger partial charge in [-0.15, -0.1) is 11.3 Å². The van der Waals surface area contributed by atoms with Crippen LogP contribution >= 0.6 is 11.3 Å². The Balaban J connectivity index is 1.82. The van der Waals surface area contributed by atoms with E-state index in [4.69, 9.17) is 4.74 Å². The van der Waals surface area contributed by atoms with Gasteiger partial charge in [0, 0.05) is 6.08 Å². The lowest BCUT2D eigenvalue weighted by atomic mass is 10.3. The Labute approximate surface area is 135 Å². The van der Waals surface area contributed by atoms with Crippen LogP contribution in [0.1, 0.15) is 11.9 Å². The van der Waals surface area contributed by atoms with Crippen molar-refractivity contribution in [2.45, 2.75) is 6.92 Å². The van der Waals surface area contributed by atoms with Crippen LogP contribution in [0.4, 0.5) is 4.79 Å². The van der Waals surface area contributed by atoms with Crippen molar-refractivity contribution < 1.29 is 23.9 Å². The number of benzene rings is 1. The molecule has 1 aromatic carbocycles. The highest BCUT2D eigenvalue weighted by Gasteiger charge is 2.10. The molecule has 0 fully saturated rings. The third-order valence-corrected chi connectivity index (χ3v) is 3.54. The van der Waals surface area contributed by atoms with E-state index in [1.165, 1.54) is 23.5 Å². The maximum Gasteiger partial charge on any atom is 0.413 e. The number of carbonyl (C=O) groups is 3. The summed E-state index contributed by atoms with van der Waals surface area (Å²) in [6.07, 6.45) is 1.81. The number of carbonyl (C=O) groups excluding carboxylic acids is 3. The second kappa shape index (κ2) is 8.04. The third kappa shape index (κ3) is 5.19. The second-order valence-corrected chi connectivity index (χ2v) is 5.29. The fraction of sp³-hybridized carbons (Fsp3) is 0.200. The molecule has 0 saturated carbocycles. The van der Waals surface area contributed by atoms with Gasteiger partial charge in [-0.3, -0.25) is 10.1 Å². The predicted octanol–water partition coefficient (Wildman–Crippen LogP) is 2.13. The van der Waals surface area contributed by atoms with Crippen LogP contribution in [0.3, 0.4) is 0 Å². The van der Waals surface area contributed by atoms with Gasteiger partial charge in [0.05, 0.1) is 16.8 Å². The molecule has 0 spiro atoms. The lowest BCUT2D eigenvalue weighted by Gasteiger charge is -2.03. The number of nitrogens with zero attached hydrogens (tertiary/aromatic N) is 1. The number of thiazole rings is 1. The lowest BCUT2D eigenvalue weighted by Crippen LogP contribution is -2.34. The Kier molecular flexibility index (Phi) is 5.81. The number of fused-ring (bicyclic) bond motifs is 1. The van der Waals surface area contributed by atoms with Crippen LogP contribution in [0, 0.1) is 0 Å². The Morgan fingerprint density at radius 2 is 2.04 bits per heavy atom. The monoisotopic (exact) mass is 334 g/mol. The molecular formula is C15H14N2O5S. The van der Waals surface area contributed by atoms with Crippen molar-refractivity contribution in [2.24, 2.45) is 0 Å². The van der Waals surface area contributed by atoms with Crippen molar-refractivity contribution in [1.29, 1.82) is 0 Å². The number of hydrogen-bond acceptors (Lipinski definition) is 7. The molecule has 120 valence electrons. The molecule has 1 N–H and O–H groups in total. The summed E-state index contributed by atoms with van der Waals surface area (Å²) in [5, 5.41) is 2.57. The number of alkyl carbamates (subject to hydrolysis) is 1. The fourth-order valence-corrected chi connectivity index (χ4v) is 2.47. The normalized spacial score (nSPS) is 10.7. The van der Waals surface area contributed by atoms with Crippen molar-refractivity contribution >= 4 is 45.6 Å². The van der Waals surface area contributed by atoms with Gasteiger partial charge in [0.15, 0.2) is 6.61 Å². The summed E-state index contributed by atoms with van der Waals surface area (Å²) < 4.78 is 10.2. The minimum atomic E-state index is -0.876. The lowest BCUT2D eigenvalue weighted by molar-refractivity contribution is -0.143. The van der Waals surface area contributed by atoms with Gasteiger partial charge < -0.3 is 9.47 Å². The Morgan fingerprint density at radius 3 is 2.78 bits per heavy atom. The summed E-state index contributed by atoms with van der Waals surface area (Å²) in [5.74, 6) is -1.46. The molecule has 23 heavy (non-hydrogen) atoms. The van der Waals surface area contributed by atoms with E-state index < -0.39 is 24.6 Å². The molecule has 2 amide bonds. The van der Waals surface area contributed by atoms with Crippen LogP contribution in [0.5, 0.6) is 0 Å². The van der Waals surface area contributed by atoms with Crippen molar-refractivity contribution in [3.05, 3.63) is 35.3 Å². The molecule has 1 aromatic heterocycles. The molecule has 0 radical (unpaired) electrons. The molecule has 1 heterocycles. The summed E-state index contributed by atoms with van der Waals surface area (Å²) in [4.78, 5) is 38.1. The molecule has 0 aliphatic heterocycles. The minimum Gasteiger partial charge on any atom is -0.452 e. The van der Waals surface area contributed by atoms with Crippen molar-refractivity contribution in [2.75, 3.05) is 13.2 Å². The van der Waals surface area contributed by atoms with Crippen molar-refractivity contribution in [3.8, 4) is 0 Å². The van der Waals surface area contributed by atoms with E-state index in [2.05, 4.69) is 9.72 Å². The molecule has 0 aliphatic rings. The van der Waals surface area contributed by atoms with Gasteiger partial charge in [-0.05, 0) is 25.1 Å². The average molecular weight is 334 g/mol. The highest BCUT2D eigenvalue weighted by Crippen LogP contribution is 2.22. The largest absolute Gasteiger partial charge is 0.452 e. The van der Waals surface area contributed by atoms with Gasteiger partial charge in [-0.1, -0.05) is 12.1 Å². The smallest absolute Gasteiger partial charge is 0.413 e. The summed E-state index contributed by atoms with van der Waals surface area (Å²) in [6.45, 7) is 1.18. The Bertz CT molecular complexity index is 720. The number of hydrogen-bond donors (Lipinski definition) is 1. The van der Waals surface area contributed by atoms with E-state index >= 15 is 0 Å². The quantitative estimate of drug-likeness (QED) is 0.665. The van der Waals surface area contributed by atoms with Gasteiger partial charge in [0.2, 0.25) is 0 Å². The molecular weight excluding hydrogens is 320 g/mol. The first kappa shape index (κ1) is 16.6. The first-order valence-corrected chi connectivity index (χ1v) is 7.57. The minimum absolute atomic E-state index is 0.143. The number of ether oxygens (including phenoxy) is 2. The van der Waals surface area contributed by atoms with E-state index in [9.17, 15) is 14.4 Å². The number of para-hydroxylation sites is 1. The predicted molar refractivity (Wildman–Crippen MR) is 84.8 cm³/mol. The summed E-state index contributed by atoms with van der Waals surface area (Å²) in [5.41, 5.74) is 0.847. The van der Waals surface area contributed by atoms with Gasteiger partial charge >= 0.3 is 12.1 Å². The van der Waals surface area contributed by atoms with Crippen LogP contribution < -0.4 is 5.32 Å². The van der Waals surface area contributed by atoms with E-state index in [0.29, 0.717) is 5.01 Å². The Morgan fingerprint density at radius 1 is 1.26 bits per heavy atom. The zero-order chi connectivity index (χ0) is 16.7. The first-order chi connectivity index (χ1) is 11.1. The van der Waals surface area contributed by atoms with Crippen LogP contribution in [-0.2, 0) is 19.1 Å². The summed E-state index contributed by atoms with van der Waals surface area (Å²) >= 11 is 1.43. The maximum absolute atomic E-state index is 11.5. The fourth-order valence-electron chi connectivity index (χ4n) is 1.60. The SMILES string of the molecule is CCOC(=O)NC(=O)COC(=O)/C=C/c1nc2ccccc2s1. The number of aromatic nitrogens is 1. The van der Waals surface area contributed by atoms with Crippen LogP contribution in [0.25, 0.3) is 16.3 Å². The van der Waals surface area contributed by atoms with Crippen molar-refractivity contribution in [1.82, 2.24) is 10.3 Å². The molecule has 0 atom stereocenters. The summed E-state index contributed by atoms with van der Waals surface area (Å²) in [7, 11) is 0. The van der Waals surface area contributed by atoms with E-state index in [1.54, 1.807) is 6.92 Å². The number of imide groups is 1. The maximum atomic E-state index is 11.5. The zero-order valence-corrected chi connectivity index (χ0v) is 13.1. The molecule has 8 heteroatoms. The molecule has 0 unspecified atom stereocenters. The van der Waals surface area contributed by atoms with Crippen molar-refractivity contribution in [3.63, 3.8) is 0 Å². The van der Waals surface area contributed by atoms with Gasteiger partial charge in [-0.25, -0.2) is 14.6 Å². The number of rotatable bonds is 5. The van der Waals surface area contributed by atoms with Gasteiger partial charge in [0.1, 0.15) is 5.01 Å². The topological polar surface area (TPSA) is 94.6 Å². The third-order valence-electron chi connectivity index (χ3n) is 2.53. The van der Waals surface area contributed by atoms with E-state index in [0.717, 1.165) is 10.2 Å². The molecule has 2 aromatic rings. The van der Waals surface area contributed by atoms with Gasteiger partial charge in [-0.2, -0.15) is 0 Å². The molecule has 7 nitrogen and oxygen atoms in total. The van der Waals surface area contributed by atoms with Crippen LogP contribution in [0.15, 0.2) is 30.3 Å². The standard InChI is InChI=1S/C15H14N2O5S/c1-2-21-15(20)17-12(18)9-22-14(19)8-7-13-16-10-5-3-4-6-11(10)23-13/h3-8H,2,9H2,1H3,(H,17,18,20)/b8-7+. The second-order valence-electron chi connectivity index (χ2n) is 4.23. The van der Waals surface area contributed by atoms with Gasteiger partial charge in [0.25, 0.3) is 5.91 Å². The van der Waals surface area contributed by atoms with E-state index in [-0.39, 0.29) is 6.61 Å². The first-order valence-electron chi connectivity index (χ1n) is 6.75. The number of esters is 1. The highest BCUT2D eigenvalue weighted by atomic mass is 32.1. The number of nitrogens with one attached hydrogen (secondary N) is 1. The molecule has 0 aliphatic carbocycles. The Hall–Kier alpha value is -2.74. The molecule has 0 bridgehead atoms. The molecule has 2 rings (SSSR count). The molecule has 0 saturated heterocycles. The number of amides is 2. The summed E-state index contributed by atoms with van der Waals surface area (Å²) in [6, 6.07) is 7.60. The van der Waals surface area contributed by atoms with E-state index in [1.807, 2.05) is 29.6 Å². The van der Waals surface area contributed by atoms with Crippen LogP contribution in [0.2, 0.25) is 0 Å². The zero-order valence-electron chi connectivity index (χ0n) is 12.3. The van der Waals surface area contributed by atoms with Crippen LogP contribution in [-0.4, -0.2) is 36.2 Å². The highest BCUT2D eigenvalue weighted by molar-refractivity contribution is 7.19.